The largest absolute Gasteiger partial charge is 0.462 e. The van der Waals surface area contributed by atoms with E-state index in [1.54, 1.807) is 0 Å². The van der Waals surface area contributed by atoms with E-state index < -0.39 is 0 Å². The van der Waals surface area contributed by atoms with Crippen LogP contribution in [0.3, 0.4) is 0 Å². The molecule has 0 radical (unpaired) electrons. The van der Waals surface area contributed by atoms with Gasteiger partial charge in [0.05, 0.1) is 16.8 Å². The number of carbonyl (C=O) groups excluding carboxylic acids is 2. The van der Waals surface area contributed by atoms with Gasteiger partial charge in [0.15, 0.2) is 14.7 Å². The summed E-state index contributed by atoms with van der Waals surface area (Å²) in [6.45, 7) is 3.67. The van der Waals surface area contributed by atoms with Crippen molar-refractivity contribution >= 4 is 22.8 Å². The zero-order valence-electron chi connectivity index (χ0n) is 19.7. The second-order valence-electron chi connectivity index (χ2n) is 8.97. The number of benzene rings is 3. The van der Waals surface area contributed by atoms with Crippen molar-refractivity contribution in [3.05, 3.63) is 84.9 Å². The van der Waals surface area contributed by atoms with Crippen LogP contribution in [-0.2, 0) is 25.2 Å². The molecule has 0 aromatic heterocycles. The molecular weight excluding hydrogens is 444 g/mol. The molecule has 4 rings (SSSR count). The Morgan fingerprint density at radius 3 is 1.94 bits per heavy atom. The Kier molecular flexibility index (Phi) is 8.07. The molecule has 0 bridgehead atoms. The third-order valence-electron chi connectivity index (χ3n) is 5.95. The lowest BCUT2D eigenvalue weighted by atomic mass is 10.0. The lowest BCUT2D eigenvalue weighted by molar-refractivity contribution is -0.152. The van der Waals surface area contributed by atoms with Gasteiger partial charge in [-0.1, -0.05) is 50.2 Å². The molecule has 3 aromatic carbocycles. The number of esters is 2. The van der Waals surface area contributed by atoms with Crippen molar-refractivity contribution in [3.63, 3.8) is 0 Å². The number of carbonyl (C=O) groups is 2. The summed E-state index contributed by atoms with van der Waals surface area (Å²) in [4.78, 5) is 28.0. The summed E-state index contributed by atoms with van der Waals surface area (Å²) in [6, 6.07) is 28.7. The zero-order valence-corrected chi connectivity index (χ0v) is 20.5. The van der Waals surface area contributed by atoms with Crippen molar-refractivity contribution < 1.29 is 19.1 Å². The minimum atomic E-state index is -0.237. The van der Waals surface area contributed by atoms with E-state index in [9.17, 15) is 9.59 Å². The normalized spacial score (nSPS) is 17.6. The first-order chi connectivity index (χ1) is 16.5. The van der Waals surface area contributed by atoms with Gasteiger partial charge in [-0.15, -0.1) is 0 Å². The molecule has 2 unspecified atom stereocenters. The SMILES string of the molecule is CC(C)C(=O)OC1CCC(CC(=O)Oc2ccc([S+](c3ccccc3)c3ccccc3)cc2)C1. The van der Waals surface area contributed by atoms with Crippen LogP contribution in [0.1, 0.15) is 39.5 Å². The Hall–Kier alpha value is -3.05. The van der Waals surface area contributed by atoms with E-state index in [4.69, 9.17) is 9.47 Å². The first-order valence-corrected chi connectivity index (χ1v) is 13.1. The highest BCUT2D eigenvalue weighted by atomic mass is 32.2. The van der Waals surface area contributed by atoms with E-state index >= 15 is 0 Å². The van der Waals surface area contributed by atoms with Crippen molar-refractivity contribution in [1.82, 2.24) is 0 Å². The second kappa shape index (κ2) is 11.4. The molecule has 1 saturated carbocycles. The zero-order chi connectivity index (χ0) is 23.9. The lowest BCUT2D eigenvalue weighted by Gasteiger charge is -2.14. The maximum Gasteiger partial charge on any atom is 0.311 e. The van der Waals surface area contributed by atoms with Crippen LogP contribution in [0.4, 0.5) is 0 Å². The number of hydrogen-bond acceptors (Lipinski definition) is 4. The molecule has 1 aliphatic carbocycles. The summed E-state index contributed by atoms with van der Waals surface area (Å²) in [7, 11) is -0.234. The van der Waals surface area contributed by atoms with E-state index in [-0.39, 0.29) is 40.8 Å². The highest BCUT2D eigenvalue weighted by Crippen LogP contribution is 2.33. The van der Waals surface area contributed by atoms with E-state index in [1.807, 2.05) is 50.2 Å². The molecule has 0 spiro atoms. The van der Waals surface area contributed by atoms with Crippen molar-refractivity contribution in [2.24, 2.45) is 11.8 Å². The van der Waals surface area contributed by atoms with Crippen LogP contribution in [0.2, 0.25) is 0 Å². The van der Waals surface area contributed by atoms with Crippen molar-refractivity contribution in [2.45, 2.75) is 60.3 Å². The van der Waals surface area contributed by atoms with Crippen molar-refractivity contribution in [1.29, 1.82) is 0 Å². The Labute approximate surface area is 204 Å². The summed E-state index contributed by atoms with van der Waals surface area (Å²) in [5.41, 5.74) is 0. The summed E-state index contributed by atoms with van der Waals surface area (Å²) < 4.78 is 11.2. The Morgan fingerprint density at radius 1 is 0.824 bits per heavy atom. The van der Waals surface area contributed by atoms with E-state index in [2.05, 4.69) is 48.5 Å². The average Bonchev–Trinajstić information content (AvgIpc) is 3.28. The quantitative estimate of drug-likeness (QED) is 0.214. The highest BCUT2D eigenvalue weighted by Gasteiger charge is 2.31. The molecule has 0 N–H and O–H groups in total. The summed E-state index contributed by atoms with van der Waals surface area (Å²) in [6.07, 6.45) is 2.67. The third-order valence-corrected chi connectivity index (χ3v) is 8.18. The fourth-order valence-corrected chi connectivity index (χ4v) is 6.28. The van der Waals surface area contributed by atoms with Crippen LogP contribution < -0.4 is 4.74 Å². The van der Waals surface area contributed by atoms with Crippen LogP contribution in [-0.4, -0.2) is 18.0 Å². The van der Waals surface area contributed by atoms with E-state index in [0.29, 0.717) is 12.2 Å². The van der Waals surface area contributed by atoms with E-state index in [0.717, 1.165) is 19.3 Å². The number of ether oxygens (including phenoxy) is 2. The Bertz CT molecular complexity index is 1040. The molecule has 0 saturated heterocycles. The Balaban J connectivity index is 1.38. The topological polar surface area (TPSA) is 52.6 Å². The summed E-state index contributed by atoms with van der Waals surface area (Å²) in [5.74, 6) is 0.214. The smallest absolute Gasteiger partial charge is 0.311 e. The average molecular weight is 476 g/mol. The predicted octanol–water partition coefficient (Wildman–Crippen LogP) is 6.45. The molecule has 0 heterocycles. The van der Waals surface area contributed by atoms with Crippen LogP contribution >= 0.6 is 0 Å². The van der Waals surface area contributed by atoms with Crippen molar-refractivity contribution in [2.75, 3.05) is 0 Å². The second-order valence-corrected chi connectivity index (χ2v) is 11.0. The maximum atomic E-state index is 12.5. The minimum Gasteiger partial charge on any atom is -0.462 e. The van der Waals surface area contributed by atoms with Gasteiger partial charge in [-0.2, -0.15) is 0 Å². The molecule has 34 heavy (non-hydrogen) atoms. The molecule has 1 aliphatic rings. The van der Waals surface area contributed by atoms with Gasteiger partial charge in [-0.25, -0.2) is 0 Å². The summed E-state index contributed by atoms with van der Waals surface area (Å²) in [5, 5.41) is 0. The molecule has 1 fully saturated rings. The molecule has 4 nitrogen and oxygen atoms in total. The maximum absolute atomic E-state index is 12.5. The monoisotopic (exact) mass is 475 g/mol. The van der Waals surface area contributed by atoms with Crippen LogP contribution in [0.15, 0.2) is 99.6 Å². The van der Waals surface area contributed by atoms with Gasteiger partial charge in [-0.05, 0) is 73.7 Å². The molecule has 5 heteroatoms. The van der Waals surface area contributed by atoms with Crippen LogP contribution in [0.25, 0.3) is 0 Å². The van der Waals surface area contributed by atoms with Gasteiger partial charge >= 0.3 is 11.9 Å². The summed E-state index contributed by atoms with van der Waals surface area (Å²) >= 11 is 0. The first kappa shape index (κ1) is 24.1. The first-order valence-electron chi connectivity index (χ1n) is 11.8. The van der Waals surface area contributed by atoms with Gasteiger partial charge in [0, 0.05) is 6.42 Å². The predicted molar refractivity (Wildman–Crippen MR) is 134 cm³/mol. The van der Waals surface area contributed by atoms with Gasteiger partial charge in [0.1, 0.15) is 11.9 Å². The van der Waals surface area contributed by atoms with Gasteiger partial charge in [0.25, 0.3) is 0 Å². The van der Waals surface area contributed by atoms with Gasteiger partial charge in [-0.3, -0.25) is 9.59 Å². The molecule has 0 amide bonds. The third kappa shape index (κ3) is 6.29. The molecule has 2 atom stereocenters. The molecule has 176 valence electrons. The minimum absolute atomic E-state index is 0.0825. The fourth-order valence-electron chi connectivity index (χ4n) is 4.20. The number of hydrogen-bond donors (Lipinski definition) is 0. The van der Waals surface area contributed by atoms with E-state index in [1.165, 1.54) is 14.7 Å². The standard InChI is InChI=1S/C29H31O4S/c1-21(2)29(31)33-24-14-13-22(19-24)20-28(30)32-23-15-17-27(18-16-23)34(25-9-5-3-6-10-25)26-11-7-4-8-12-26/h3-12,15-18,21-22,24H,13-14,19-20H2,1-2H3/q+1. The Morgan fingerprint density at radius 2 is 1.38 bits per heavy atom. The van der Waals surface area contributed by atoms with Gasteiger partial charge < -0.3 is 9.47 Å². The van der Waals surface area contributed by atoms with Crippen LogP contribution in [0.5, 0.6) is 5.75 Å². The van der Waals surface area contributed by atoms with Crippen LogP contribution in [0, 0.1) is 11.8 Å². The fraction of sp³-hybridized carbons (Fsp3) is 0.310. The molecular formula is C29H31O4S+. The van der Waals surface area contributed by atoms with Gasteiger partial charge in [0.2, 0.25) is 0 Å². The highest BCUT2D eigenvalue weighted by molar-refractivity contribution is 7.97. The molecule has 3 aromatic rings. The lowest BCUT2D eigenvalue weighted by Crippen LogP contribution is -2.20. The molecule has 0 aliphatic heterocycles. The number of rotatable bonds is 8. The van der Waals surface area contributed by atoms with Crippen molar-refractivity contribution in [3.8, 4) is 5.75 Å².